The predicted octanol–water partition coefficient (Wildman–Crippen LogP) is 5.43. The van der Waals surface area contributed by atoms with Gasteiger partial charge in [0.2, 0.25) is 11.8 Å². The average Bonchev–Trinajstić information content (AvgIpc) is 3.43. The van der Waals surface area contributed by atoms with Gasteiger partial charge in [0.05, 0.1) is 10.6 Å². The molecule has 3 aromatic rings. The van der Waals surface area contributed by atoms with Gasteiger partial charge >= 0.3 is 0 Å². The molecule has 1 N–H and O–H groups in total. The highest BCUT2D eigenvalue weighted by Crippen LogP contribution is 2.27. The van der Waals surface area contributed by atoms with Crippen LogP contribution in [0.5, 0.6) is 0 Å². The molecule has 2 amide bonds. The maximum Gasteiger partial charge on any atom is 0.264 e. The topological polar surface area (TPSA) is 86.8 Å². The van der Waals surface area contributed by atoms with Crippen molar-refractivity contribution >= 4 is 43.5 Å². The molecule has 1 saturated carbocycles. The van der Waals surface area contributed by atoms with Gasteiger partial charge in [0.25, 0.3) is 10.0 Å². The molecule has 0 radical (unpaired) electrons. The molecule has 0 spiro atoms. The van der Waals surface area contributed by atoms with Gasteiger partial charge in [-0.3, -0.25) is 13.9 Å². The fourth-order valence-electron chi connectivity index (χ4n) is 4.86. The number of carbonyl (C=O) groups is 2. The molecule has 206 valence electrons. The lowest BCUT2D eigenvalue weighted by molar-refractivity contribution is -0.139. The first kappa shape index (κ1) is 28.8. The molecular weight excluding hydrogens is 578 g/mol. The Hall–Kier alpha value is -3.17. The van der Waals surface area contributed by atoms with Gasteiger partial charge in [-0.25, -0.2) is 8.42 Å². The zero-order valence-electron chi connectivity index (χ0n) is 22.2. The van der Waals surface area contributed by atoms with Crippen LogP contribution in [0.3, 0.4) is 0 Å². The molecule has 1 atom stereocenters. The number of halogens is 1. The Kier molecular flexibility index (Phi) is 9.45. The fraction of sp³-hybridized carbons (Fsp3) is 0.333. The fourth-order valence-corrected chi connectivity index (χ4v) is 6.68. The predicted molar refractivity (Wildman–Crippen MR) is 157 cm³/mol. The van der Waals surface area contributed by atoms with Crippen LogP contribution < -0.4 is 9.62 Å². The van der Waals surface area contributed by atoms with Gasteiger partial charge in [0.1, 0.15) is 12.6 Å². The van der Waals surface area contributed by atoms with Crippen LogP contribution in [-0.4, -0.2) is 43.8 Å². The second-order valence-corrected chi connectivity index (χ2v) is 12.8. The van der Waals surface area contributed by atoms with E-state index >= 15 is 0 Å². The standard InChI is InChI=1S/C30H34BrN3O4S/c1-22-10-8-11-24(18-22)20-33(23(2)30(36)32-26-13-6-7-14-26)29(35)21-34(27-15-9-12-25(31)19-27)39(37,38)28-16-4-3-5-17-28/h3-5,8-12,15-19,23,26H,6-7,13-14,20-21H2,1-2H3,(H,32,36)/t23-/m1/s1. The van der Waals surface area contributed by atoms with E-state index in [9.17, 15) is 18.0 Å². The van der Waals surface area contributed by atoms with Crippen LogP contribution in [0.15, 0.2) is 88.2 Å². The van der Waals surface area contributed by atoms with E-state index in [1.165, 1.54) is 17.0 Å². The molecule has 0 bridgehead atoms. The molecule has 0 saturated heterocycles. The monoisotopic (exact) mass is 611 g/mol. The SMILES string of the molecule is Cc1cccc(CN(C(=O)CN(c2cccc(Br)c2)S(=O)(=O)c2ccccc2)[C@H](C)C(=O)NC2CCCC2)c1. The van der Waals surface area contributed by atoms with Gasteiger partial charge in [-0.15, -0.1) is 0 Å². The number of hydrogen-bond acceptors (Lipinski definition) is 4. The second-order valence-electron chi connectivity index (χ2n) is 9.98. The Morgan fingerprint density at radius 3 is 2.33 bits per heavy atom. The Labute approximate surface area is 239 Å². The third-order valence-corrected chi connectivity index (χ3v) is 9.29. The number of hydrogen-bond donors (Lipinski definition) is 1. The molecule has 0 heterocycles. The molecule has 4 rings (SSSR count). The maximum absolute atomic E-state index is 14.0. The summed E-state index contributed by atoms with van der Waals surface area (Å²) in [7, 11) is -4.08. The third-order valence-electron chi connectivity index (χ3n) is 7.01. The van der Waals surface area contributed by atoms with Gasteiger partial charge in [-0.1, -0.05) is 82.9 Å². The summed E-state index contributed by atoms with van der Waals surface area (Å²) in [6, 6.07) is 21.9. The van der Waals surface area contributed by atoms with Gasteiger partial charge in [-0.2, -0.15) is 0 Å². The van der Waals surface area contributed by atoms with E-state index < -0.39 is 28.5 Å². The smallest absolute Gasteiger partial charge is 0.264 e. The summed E-state index contributed by atoms with van der Waals surface area (Å²) in [6.45, 7) is 3.39. The quantitative estimate of drug-likeness (QED) is 0.331. The van der Waals surface area contributed by atoms with Crippen molar-refractivity contribution < 1.29 is 18.0 Å². The molecule has 3 aromatic carbocycles. The first-order valence-corrected chi connectivity index (χ1v) is 15.4. The van der Waals surface area contributed by atoms with Crippen molar-refractivity contribution in [3.63, 3.8) is 0 Å². The van der Waals surface area contributed by atoms with E-state index in [-0.39, 0.29) is 23.4 Å². The minimum atomic E-state index is -4.08. The van der Waals surface area contributed by atoms with E-state index in [2.05, 4.69) is 21.2 Å². The third kappa shape index (κ3) is 7.28. The van der Waals surface area contributed by atoms with Crippen molar-refractivity contribution in [2.75, 3.05) is 10.8 Å². The number of aryl methyl sites for hydroxylation is 1. The molecular formula is C30H34BrN3O4S. The van der Waals surface area contributed by atoms with Gasteiger partial charge in [-0.05, 0) is 62.6 Å². The summed E-state index contributed by atoms with van der Waals surface area (Å²) in [5, 5.41) is 3.09. The molecule has 0 aliphatic heterocycles. The summed E-state index contributed by atoms with van der Waals surface area (Å²) in [6.07, 6.45) is 4.00. The van der Waals surface area contributed by atoms with E-state index in [1.807, 2.05) is 31.2 Å². The lowest BCUT2D eigenvalue weighted by Gasteiger charge is -2.32. The largest absolute Gasteiger partial charge is 0.352 e. The molecule has 1 aliphatic carbocycles. The van der Waals surface area contributed by atoms with Gasteiger partial charge in [0.15, 0.2) is 0 Å². The number of sulfonamides is 1. The highest BCUT2D eigenvalue weighted by Gasteiger charge is 2.33. The lowest BCUT2D eigenvalue weighted by atomic mass is 10.1. The number of amides is 2. The van der Waals surface area contributed by atoms with E-state index in [0.717, 1.165) is 41.1 Å². The molecule has 1 aliphatic rings. The summed E-state index contributed by atoms with van der Waals surface area (Å²) >= 11 is 3.41. The second kappa shape index (κ2) is 12.8. The minimum Gasteiger partial charge on any atom is -0.352 e. The number of benzene rings is 3. The highest BCUT2D eigenvalue weighted by atomic mass is 79.9. The van der Waals surface area contributed by atoms with Crippen molar-refractivity contribution in [3.05, 3.63) is 94.5 Å². The summed E-state index contributed by atoms with van der Waals surface area (Å²) in [4.78, 5) is 28.8. The van der Waals surface area contributed by atoms with Crippen molar-refractivity contribution in [3.8, 4) is 0 Å². The van der Waals surface area contributed by atoms with Crippen molar-refractivity contribution in [2.24, 2.45) is 0 Å². The van der Waals surface area contributed by atoms with Gasteiger partial charge < -0.3 is 10.2 Å². The minimum absolute atomic E-state index is 0.0787. The Morgan fingerprint density at radius 2 is 1.67 bits per heavy atom. The van der Waals surface area contributed by atoms with Crippen molar-refractivity contribution in [1.29, 1.82) is 0 Å². The maximum atomic E-state index is 14.0. The van der Waals surface area contributed by atoms with Crippen LogP contribution in [0.2, 0.25) is 0 Å². The van der Waals surface area contributed by atoms with Crippen LogP contribution in [0.4, 0.5) is 5.69 Å². The van der Waals surface area contributed by atoms with Crippen LogP contribution >= 0.6 is 15.9 Å². The molecule has 7 nitrogen and oxygen atoms in total. The lowest BCUT2D eigenvalue weighted by Crippen LogP contribution is -2.52. The molecule has 1 fully saturated rings. The zero-order valence-corrected chi connectivity index (χ0v) is 24.6. The highest BCUT2D eigenvalue weighted by molar-refractivity contribution is 9.10. The molecule has 9 heteroatoms. The first-order chi connectivity index (χ1) is 18.6. The van der Waals surface area contributed by atoms with Crippen LogP contribution in [0.1, 0.15) is 43.7 Å². The zero-order chi connectivity index (χ0) is 28.0. The normalized spacial score (nSPS) is 14.5. The number of nitrogens with zero attached hydrogens (tertiary/aromatic N) is 2. The number of anilines is 1. The Morgan fingerprint density at radius 1 is 0.974 bits per heavy atom. The molecule has 0 aromatic heterocycles. The van der Waals surface area contributed by atoms with Crippen LogP contribution in [0.25, 0.3) is 0 Å². The summed E-state index contributed by atoms with van der Waals surface area (Å²) < 4.78 is 29.4. The van der Waals surface area contributed by atoms with E-state index in [1.54, 1.807) is 49.4 Å². The Balaban J connectivity index is 1.68. The molecule has 39 heavy (non-hydrogen) atoms. The number of rotatable bonds is 10. The molecule has 0 unspecified atom stereocenters. The van der Waals surface area contributed by atoms with Crippen molar-refractivity contribution in [1.82, 2.24) is 10.2 Å². The van der Waals surface area contributed by atoms with E-state index in [4.69, 9.17) is 0 Å². The van der Waals surface area contributed by atoms with Crippen LogP contribution in [-0.2, 0) is 26.2 Å². The first-order valence-electron chi connectivity index (χ1n) is 13.1. The summed E-state index contributed by atoms with van der Waals surface area (Å²) in [5.41, 5.74) is 2.24. The number of nitrogens with one attached hydrogen (secondary N) is 1. The Bertz CT molecular complexity index is 1410. The average molecular weight is 613 g/mol. The number of carbonyl (C=O) groups excluding carboxylic acids is 2. The van der Waals surface area contributed by atoms with Gasteiger partial charge in [0, 0.05) is 17.1 Å². The van der Waals surface area contributed by atoms with E-state index in [0.29, 0.717) is 10.2 Å². The summed E-state index contributed by atoms with van der Waals surface area (Å²) in [5.74, 6) is -0.701. The van der Waals surface area contributed by atoms with Crippen molar-refractivity contribution in [2.45, 2.75) is 63.1 Å². The van der Waals surface area contributed by atoms with Crippen LogP contribution in [0, 0.1) is 6.92 Å².